The molecule has 5 nitrogen and oxygen atoms in total. The molecule has 1 heterocycles. The van der Waals surface area contributed by atoms with E-state index in [1.54, 1.807) is 0 Å². The Hall–Kier alpha value is -0.810. The van der Waals surface area contributed by atoms with Gasteiger partial charge in [-0.25, -0.2) is 0 Å². The van der Waals surface area contributed by atoms with Crippen molar-refractivity contribution in [1.82, 2.24) is 10.2 Å². The summed E-state index contributed by atoms with van der Waals surface area (Å²) in [7, 11) is 2.13. The maximum atomic E-state index is 8.28. The molecule has 0 aromatic heterocycles. The largest absolute Gasteiger partial charge is 0.409 e. The molecule has 5 heteroatoms. The molecule has 1 aliphatic rings. The molecule has 1 saturated heterocycles. The summed E-state index contributed by atoms with van der Waals surface area (Å²) in [5, 5.41) is 14.3. The first kappa shape index (κ1) is 10.3. The normalized spacial score (nSPS) is 25.3. The third-order valence-corrected chi connectivity index (χ3v) is 2.36. The number of rotatable bonds is 4. The van der Waals surface area contributed by atoms with Crippen molar-refractivity contribution in [1.29, 1.82) is 0 Å². The molecule has 0 saturated carbocycles. The lowest BCUT2D eigenvalue weighted by atomic mass is 10.1. The highest BCUT2D eigenvalue weighted by atomic mass is 16.4. The zero-order valence-corrected chi connectivity index (χ0v) is 8.03. The van der Waals surface area contributed by atoms with Gasteiger partial charge < -0.3 is 21.2 Å². The van der Waals surface area contributed by atoms with E-state index in [2.05, 4.69) is 22.4 Å². The Morgan fingerprint density at radius 1 is 1.77 bits per heavy atom. The molecular weight excluding hydrogens is 168 g/mol. The zero-order chi connectivity index (χ0) is 9.68. The van der Waals surface area contributed by atoms with Crippen LogP contribution < -0.4 is 11.1 Å². The lowest BCUT2D eigenvalue weighted by Gasteiger charge is -2.10. The van der Waals surface area contributed by atoms with Crippen LogP contribution in [0.15, 0.2) is 5.16 Å². The van der Waals surface area contributed by atoms with Gasteiger partial charge in [0.25, 0.3) is 0 Å². The summed E-state index contributed by atoms with van der Waals surface area (Å²) in [6.45, 7) is 3.73. The molecule has 76 valence electrons. The Morgan fingerprint density at radius 3 is 3.08 bits per heavy atom. The Labute approximate surface area is 78.6 Å². The fraction of sp³-hybridized carbons (Fsp3) is 0.875. The summed E-state index contributed by atoms with van der Waals surface area (Å²) in [6, 6.07) is 0. The van der Waals surface area contributed by atoms with Crippen molar-refractivity contribution in [2.75, 3.05) is 33.2 Å². The van der Waals surface area contributed by atoms with Crippen LogP contribution >= 0.6 is 0 Å². The van der Waals surface area contributed by atoms with Gasteiger partial charge in [0.2, 0.25) is 0 Å². The molecule has 0 radical (unpaired) electrons. The predicted molar refractivity (Wildman–Crippen MR) is 51.9 cm³/mol. The van der Waals surface area contributed by atoms with E-state index >= 15 is 0 Å². The van der Waals surface area contributed by atoms with Crippen LogP contribution in [0.5, 0.6) is 0 Å². The molecule has 0 aliphatic carbocycles. The number of nitrogens with two attached hydrogens (primary N) is 1. The van der Waals surface area contributed by atoms with Gasteiger partial charge in [-0.15, -0.1) is 0 Å². The van der Waals surface area contributed by atoms with Gasteiger partial charge in [-0.3, -0.25) is 0 Å². The highest BCUT2D eigenvalue weighted by molar-refractivity contribution is 5.81. The molecule has 1 rings (SSSR count). The van der Waals surface area contributed by atoms with Crippen LogP contribution in [0, 0.1) is 5.92 Å². The van der Waals surface area contributed by atoms with E-state index in [1.165, 1.54) is 13.0 Å². The molecule has 13 heavy (non-hydrogen) atoms. The number of nitrogens with one attached hydrogen (secondary N) is 1. The second-order valence-corrected chi connectivity index (χ2v) is 3.64. The Balaban J connectivity index is 2.06. The average Bonchev–Trinajstić information content (AvgIpc) is 2.51. The molecule has 1 aliphatic heterocycles. The summed E-state index contributed by atoms with van der Waals surface area (Å²) >= 11 is 0. The molecular formula is C8H18N4O. The second-order valence-electron chi connectivity index (χ2n) is 3.64. The standard InChI is InChI=1S/C8H18N4O/c1-12-3-2-7(6-12)4-10-5-8(9)11-13/h7,10,13H,2-6H2,1H3,(H2,9,11). The van der Waals surface area contributed by atoms with Crippen molar-refractivity contribution < 1.29 is 5.21 Å². The van der Waals surface area contributed by atoms with E-state index in [9.17, 15) is 0 Å². The summed E-state index contributed by atoms with van der Waals surface area (Å²) in [5.74, 6) is 0.947. The molecule has 0 amide bonds. The molecule has 4 N–H and O–H groups in total. The van der Waals surface area contributed by atoms with Crippen LogP contribution in [-0.2, 0) is 0 Å². The van der Waals surface area contributed by atoms with Gasteiger partial charge in [-0.05, 0) is 32.5 Å². The van der Waals surface area contributed by atoms with Crippen molar-refractivity contribution in [3.63, 3.8) is 0 Å². The molecule has 1 unspecified atom stereocenters. The minimum absolute atomic E-state index is 0.242. The quantitative estimate of drug-likeness (QED) is 0.234. The van der Waals surface area contributed by atoms with Crippen LogP contribution in [0.25, 0.3) is 0 Å². The number of hydrogen-bond acceptors (Lipinski definition) is 4. The number of likely N-dealkylation sites (tertiary alicyclic amines) is 1. The van der Waals surface area contributed by atoms with Gasteiger partial charge in [-0.2, -0.15) is 0 Å². The Bertz CT molecular complexity index is 183. The zero-order valence-electron chi connectivity index (χ0n) is 8.03. The van der Waals surface area contributed by atoms with E-state index in [1.807, 2.05) is 0 Å². The molecule has 1 fully saturated rings. The summed E-state index contributed by atoms with van der Waals surface area (Å²) in [4.78, 5) is 2.32. The van der Waals surface area contributed by atoms with Crippen molar-refractivity contribution in [2.45, 2.75) is 6.42 Å². The Kier molecular flexibility index (Phi) is 3.98. The molecule has 0 bridgehead atoms. The monoisotopic (exact) mass is 186 g/mol. The highest BCUT2D eigenvalue weighted by Gasteiger charge is 2.18. The molecule has 0 aromatic carbocycles. The van der Waals surface area contributed by atoms with E-state index in [0.29, 0.717) is 12.5 Å². The van der Waals surface area contributed by atoms with Crippen LogP contribution in [0.3, 0.4) is 0 Å². The third-order valence-electron chi connectivity index (χ3n) is 2.36. The fourth-order valence-corrected chi connectivity index (χ4v) is 1.63. The first-order valence-corrected chi connectivity index (χ1v) is 4.58. The van der Waals surface area contributed by atoms with Crippen LogP contribution in [-0.4, -0.2) is 49.2 Å². The minimum Gasteiger partial charge on any atom is -0.409 e. The predicted octanol–water partition coefficient (Wildman–Crippen LogP) is -0.726. The first-order valence-electron chi connectivity index (χ1n) is 4.58. The third kappa shape index (κ3) is 3.61. The lowest BCUT2D eigenvalue weighted by molar-refractivity contribution is 0.316. The smallest absolute Gasteiger partial charge is 0.153 e. The number of nitrogens with zero attached hydrogens (tertiary/aromatic N) is 2. The maximum absolute atomic E-state index is 8.28. The SMILES string of the molecule is CN1CCC(CNCC(N)=NO)C1. The first-order chi connectivity index (χ1) is 6.22. The van der Waals surface area contributed by atoms with Gasteiger partial charge in [0, 0.05) is 6.54 Å². The van der Waals surface area contributed by atoms with Crippen molar-refractivity contribution in [2.24, 2.45) is 16.8 Å². The number of hydrogen-bond donors (Lipinski definition) is 3. The van der Waals surface area contributed by atoms with Crippen LogP contribution in [0.1, 0.15) is 6.42 Å². The lowest BCUT2D eigenvalue weighted by Crippen LogP contribution is -2.33. The Morgan fingerprint density at radius 2 is 2.54 bits per heavy atom. The summed E-state index contributed by atoms with van der Waals surface area (Å²) in [6.07, 6.45) is 1.24. The van der Waals surface area contributed by atoms with E-state index < -0.39 is 0 Å². The fourth-order valence-electron chi connectivity index (χ4n) is 1.63. The number of oxime groups is 1. The van der Waals surface area contributed by atoms with Crippen LogP contribution in [0.4, 0.5) is 0 Å². The second kappa shape index (κ2) is 5.04. The van der Waals surface area contributed by atoms with Gasteiger partial charge in [0.15, 0.2) is 5.84 Å². The highest BCUT2D eigenvalue weighted by Crippen LogP contribution is 2.12. The minimum atomic E-state index is 0.242. The topological polar surface area (TPSA) is 73.9 Å². The van der Waals surface area contributed by atoms with E-state index in [-0.39, 0.29) is 5.84 Å². The molecule has 1 atom stereocenters. The summed E-state index contributed by atoms with van der Waals surface area (Å²) in [5.41, 5.74) is 5.31. The van der Waals surface area contributed by atoms with Gasteiger partial charge in [0.05, 0.1) is 6.54 Å². The number of amidine groups is 1. The summed E-state index contributed by atoms with van der Waals surface area (Å²) < 4.78 is 0. The van der Waals surface area contributed by atoms with E-state index in [0.717, 1.165) is 13.1 Å². The average molecular weight is 186 g/mol. The van der Waals surface area contributed by atoms with Crippen LogP contribution in [0.2, 0.25) is 0 Å². The van der Waals surface area contributed by atoms with Crippen molar-refractivity contribution in [3.05, 3.63) is 0 Å². The van der Waals surface area contributed by atoms with Gasteiger partial charge >= 0.3 is 0 Å². The van der Waals surface area contributed by atoms with Gasteiger partial charge in [-0.1, -0.05) is 5.16 Å². The molecule has 0 spiro atoms. The van der Waals surface area contributed by atoms with E-state index in [4.69, 9.17) is 10.9 Å². The van der Waals surface area contributed by atoms with Crippen molar-refractivity contribution >= 4 is 5.84 Å². The van der Waals surface area contributed by atoms with Crippen molar-refractivity contribution in [3.8, 4) is 0 Å². The molecule has 0 aromatic rings. The van der Waals surface area contributed by atoms with Gasteiger partial charge in [0.1, 0.15) is 0 Å². The maximum Gasteiger partial charge on any atom is 0.153 e.